The number of ketones is 1. The molecule has 1 aliphatic rings. The lowest BCUT2D eigenvalue weighted by Crippen LogP contribution is -2.40. The highest BCUT2D eigenvalue weighted by atomic mass is 16.5. The van der Waals surface area contributed by atoms with Crippen molar-refractivity contribution in [2.24, 2.45) is 0 Å². The van der Waals surface area contributed by atoms with Crippen molar-refractivity contribution in [3.05, 3.63) is 82.4 Å². The average molecular weight is 503 g/mol. The number of nitrogens with zero attached hydrogens (tertiary/aromatic N) is 6. The van der Waals surface area contributed by atoms with E-state index < -0.39 is 18.5 Å². The Hall–Kier alpha value is -4.78. The Morgan fingerprint density at radius 1 is 1.22 bits per heavy atom. The van der Waals surface area contributed by atoms with Crippen LogP contribution in [0, 0.1) is 20.3 Å². The molecule has 1 amide bonds. The number of pyridine rings is 1. The molecule has 0 radical (unpaired) electrons. The fourth-order valence-electron chi connectivity index (χ4n) is 4.26. The van der Waals surface area contributed by atoms with Crippen LogP contribution < -0.4 is 4.74 Å². The Morgan fingerprint density at radius 2 is 1.97 bits per heavy atom. The molecule has 1 fully saturated rings. The Kier molecular flexibility index (Phi) is 4.41. The maximum atomic E-state index is 13.5. The predicted molar refractivity (Wildman–Crippen MR) is 137 cm³/mol. The number of methoxy groups -OCH3 is 1. The number of nitrogens with one attached hydrogen (secondary N) is 1. The lowest BCUT2D eigenvalue weighted by Gasteiger charge is -2.28. The van der Waals surface area contributed by atoms with E-state index in [-0.39, 0.29) is 101 Å². The van der Waals surface area contributed by atoms with Gasteiger partial charge in [-0.15, -0.1) is 0 Å². The van der Waals surface area contributed by atoms with Gasteiger partial charge in [0.25, 0.3) is 11.7 Å². The summed E-state index contributed by atoms with van der Waals surface area (Å²) >= 11 is 0. The summed E-state index contributed by atoms with van der Waals surface area (Å²) in [5.74, 6) is -1.67. The van der Waals surface area contributed by atoms with Crippen LogP contribution in [0.5, 0.6) is 5.75 Å². The zero-order valence-corrected chi connectivity index (χ0v) is 20.0. The van der Waals surface area contributed by atoms with Crippen molar-refractivity contribution in [1.29, 1.82) is 0 Å². The number of likely N-dealkylation sites (tertiary alicyclic amines) is 1. The molecule has 0 bridgehead atoms. The van der Waals surface area contributed by atoms with Crippen LogP contribution in [0.25, 0.3) is 27.3 Å². The SMILES string of the molecule is [2H]c1c([2H])c(C([N+]#[C-])=C2CCN(C(=O)C(=O)c3c[nH]c4c(-n5cnc(C([2H])([2H])[2H])n5)ncc(OC)c34)CC2)c([2H])c([2H])c1C. The second-order valence-electron chi connectivity index (χ2n) is 8.30. The highest BCUT2D eigenvalue weighted by Crippen LogP contribution is 2.33. The molecule has 0 aliphatic carbocycles. The highest BCUT2D eigenvalue weighted by Gasteiger charge is 2.30. The number of hydrogen-bond acceptors (Lipinski definition) is 6. The van der Waals surface area contributed by atoms with E-state index in [9.17, 15) is 9.59 Å². The molecule has 0 atom stereocenters. The number of aryl methyl sites for hydroxylation is 1. The van der Waals surface area contributed by atoms with Crippen LogP contribution in [0.3, 0.4) is 0 Å². The van der Waals surface area contributed by atoms with Gasteiger partial charge < -0.3 is 14.6 Å². The maximum Gasteiger partial charge on any atom is 0.295 e. The van der Waals surface area contributed by atoms with E-state index >= 15 is 0 Å². The van der Waals surface area contributed by atoms with Gasteiger partial charge in [0.2, 0.25) is 0 Å². The summed E-state index contributed by atoms with van der Waals surface area (Å²) in [6.45, 7) is 6.86. The number of Topliss-reactive ketones (excluding diaryl/α,β-unsaturated/α-hetero) is 1. The molecule has 4 heterocycles. The third-order valence-corrected chi connectivity index (χ3v) is 6.11. The average Bonchev–Trinajstić information content (AvgIpc) is 3.69. The molecule has 1 aliphatic heterocycles. The lowest BCUT2D eigenvalue weighted by molar-refractivity contribution is -0.126. The van der Waals surface area contributed by atoms with Gasteiger partial charge in [-0.25, -0.2) is 19.5 Å². The van der Waals surface area contributed by atoms with Gasteiger partial charge in [0, 0.05) is 23.4 Å². The Morgan fingerprint density at radius 3 is 2.62 bits per heavy atom. The molecular formula is C27H25N7O3. The summed E-state index contributed by atoms with van der Waals surface area (Å²) < 4.78 is 62.1. The summed E-state index contributed by atoms with van der Waals surface area (Å²) in [7, 11) is 1.38. The van der Waals surface area contributed by atoms with E-state index in [1.807, 2.05) is 0 Å². The van der Waals surface area contributed by atoms with Gasteiger partial charge in [0.05, 0.1) is 41.8 Å². The minimum atomic E-state index is -2.54. The Bertz CT molecular complexity index is 1880. The minimum absolute atomic E-state index is 0.00754. The molecule has 10 heteroatoms. The Labute approximate surface area is 223 Å². The van der Waals surface area contributed by atoms with Crippen molar-refractivity contribution in [2.45, 2.75) is 26.6 Å². The van der Waals surface area contributed by atoms with Crippen molar-refractivity contribution in [3.63, 3.8) is 0 Å². The quantitative estimate of drug-likeness (QED) is 0.252. The topological polar surface area (TPSA) is 110 Å². The number of rotatable bonds is 5. The molecule has 1 aromatic carbocycles. The van der Waals surface area contributed by atoms with Gasteiger partial charge in [-0.05, 0) is 32.2 Å². The normalized spacial score (nSPS) is 16.5. The highest BCUT2D eigenvalue weighted by molar-refractivity contribution is 6.45. The number of carbonyl (C=O) groups excluding carboxylic acids is 2. The van der Waals surface area contributed by atoms with Crippen LogP contribution in [0.1, 0.15) is 49.7 Å². The second kappa shape index (κ2) is 9.70. The zero-order valence-electron chi connectivity index (χ0n) is 27.0. The monoisotopic (exact) mass is 502 g/mol. The van der Waals surface area contributed by atoms with Crippen LogP contribution >= 0.6 is 0 Å². The number of piperidine rings is 1. The molecular weight excluding hydrogens is 470 g/mol. The fraction of sp³-hybridized carbons (Fsp3) is 0.259. The van der Waals surface area contributed by atoms with Gasteiger partial charge in [0.1, 0.15) is 17.9 Å². The number of benzene rings is 1. The van der Waals surface area contributed by atoms with Gasteiger partial charge in [-0.3, -0.25) is 9.59 Å². The number of carbonyl (C=O) groups is 2. The summed E-state index contributed by atoms with van der Waals surface area (Å²) in [6.07, 6.45) is 4.25. The number of hydrogen-bond donors (Lipinski definition) is 1. The van der Waals surface area contributed by atoms with Gasteiger partial charge >= 0.3 is 0 Å². The first kappa shape index (κ1) is 16.8. The molecule has 186 valence electrons. The summed E-state index contributed by atoms with van der Waals surface area (Å²) in [5, 5.41) is 4.23. The third-order valence-electron chi connectivity index (χ3n) is 6.11. The van der Waals surface area contributed by atoms with Crippen molar-refractivity contribution in [3.8, 4) is 11.6 Å². The molecule has 5 rings (SSSR count). The van der Waals surface area contributed by atoms with Gasteiger partial charge in [-0.1, -0.05) is 35.3 Å². The van der Waals surface area contributed by atoms with Crippen molar-refractivity contribution in [2.75, 3.05) is 20.2 Å². The zero-order chi connectivity index (χ0) is 32.1. The fourth-order valence-corrected chi connectivity index (χ4v) is 4.26. The van der Waals surface area contributed by atoms with E-state index in [1.54, 1.807) is 0 Å². The first-order valence-electron chi connectivity index (χ1n) is 14.8. The Balaban J connectivity index is 1.43. The maximum absolute atomic E-state index is 13.5. The van der Waals surface area contributed by atoms with Crippen LogP contribution in [-0.2, 0) is 4.79 Å². The number of amides is 1. The minimum Gasteiger partial charge on any atom is -0.494 e. The second-order valence-corrected chi connectivity index (χ2v) is 8.30. The molecule has 0 spiro atoms. The first-order valence-corrected chi connectivity index (χ1v) is 11.3. The van der Waals surface area contributed by atoms with Crippen LogP contribution in [0.4, 0.5) is 0 Å². The summed E-state index contributed by atoms with van der Waals surface area (Å²) in [6, 6.07) is -1.01. The number of H-pyrrole nitrogens is 1. The van der Waals surface area contributed by atoms with Crippen molar-refractivity contribution < 1.29 is 23.9 Å². The van der Waals surface area contributed by atoms with E-state index in [0.717, 1.165) is 4.68 Å². The van der Waals surface area contributed by atoms with Crippen LogP contribution in [-0.4, -0.2) is 61.5 Å². The molecule has 0 unspecified atom stereocenters. The van der Waals surface area contributed by atoms with E-state index in [2.05, 4.69) is 24.9 Å². The molecule has 1 saturated heterocycles. The number of aromatic amines is 1. The molecule has 37 heavy (non-hydrogen) atoms. The molecule has 4 aromatic rings. The molecule has 0 saturated carbocycles. The van der Waals surface area contributed by atoms with Gasteiger partial charge in [-0.2, -0.15) is 5.10 Å². The molecule has 10 nitrogen and oxygen atoms in total. The van der Waals surface area contributed by atoms with Crippen LogP contribution in [0.15, 0.2) is 48.5 Å². The predicted octanol–water partition coefficient (Wildman–Crippen LogP) is 3.90. The molecule has 3 aromatic heterocycles. The lowest BCUT2D eigenvalue weighted by atomic mass is 9.97. The van der Waals surface area contributed by atoms with E-state index in [1.165, 1.54) is 37.7 Å². The van der Waals surface area contributed by atoms with Crippen molar-refractivity contribution >= 4 is 28.3 Å². The number of aromatic nitrogens is 5. The smallest absolute Gasteiger partial charge is 0.295 e. The van der Waals surface area contributed by atoms with Gasteiger partial charge in [0.15, 0.2) is 11.5 Å². The standard InChI is InChI=1S/C27H25N7O3/c1-16-5-7-18(8-6-16)23(28-3)19-9-11-33(12-10-19)27(36)25(35)20-13-29-24-22(20)21(37-4)14-30-26(24)34-15-31-17(2)32-34/h5-8,13-15,29H,9-12H2,1-2,4H3/i2D3,5D,6D,7D,8D. The number of fused-ring (bicyclic) bond motifs is 1. The van der Waals surface area contributed by atoms with Crippen LogP contribution in [0.2, 0.25) is 0 Å². The van der Waals surface area contributed by atoms with E-state index in [4.69, 9.17) is 20.9 Å². The van der Waals surface area contributed by atoms with E-state index in [0.29, 0.717) is 5.57 Å². The summed E-state index contributed by atoms with van der Waals surface area (Å²) in [5.41, 5.74) is 1.00. The van der Waals surface area contributed by atoms with Crippen molar-refractivity contribution in [1.82, 2.24) is 29.6 Å². The first-order chi connectivity index (χ1) is 20.8. The number of ether oxygens (including phenoxy) is 1. The third kappa shape index (κ3) is 4.36. The molecule has 1 N–H and O–H groups in total. The summed E-state index contributed by atoms with van der Waals surface area (Å²) in [4.78, 5) is 42.8. The largest absolute Gasteiger partial charge is 0.494 e.